The van der Waals surface area contributed by atoms with Gasteiger partial charge in [0.15, 0.2) is 0 Å². The van der Waals surface area contributed by atoms with Crippen LogP contribution in [0.4, 0.5) is 5.82 Å². The fraction of sp³-hybridized carbons (Fsp3) is 0.333. The second kappa shape index (κ2) is 6.16. The zero-order chi connectivity index (χ0) is 17.4. The van der Waals surface area contributed by atoms with Gasteiger partial charge in [-0.2, -0.15) is 0 Å². The number of imidazole rings is 1. The molecule has 1 aromatic carbocycles. The molecule has 2 aromatic heterocycles. The number of methoxy groups -OCH3 is 1. The van der Waals surface area contributed by atoms with Gasteiger partial charge in [-0.05, 0) is 12.1 Å². The summed E-state index contributed by atoms with van der Waals surface area (Å²) < 4.78 is 6.98. The lowest BCUT2D eigenvalue weighted by atomic mass is 9.93. The van der Waals surface area contributed by atoms with Gasteiger partial charge in [0.2, 0.25) is 0 Å². The van der Waals surface area contributed by atoms with Crippen LogP contribution in [0.15, 0.2) is 43.0 Å². The van der Waals surface area contributed by atoms with E-state index in [1.54, 1.807) is 12.5 Å². The number of anilines is 1. The Labute approximate surface area is 145 Å². The predicted octanol–water partition coefficient (Wildman–Crippen LogP) is 1.76. The number of aryl methyl sites for hydroxylation is 1. The monoisotopic (exact) mass is 337 g/mol. The summed E-state index contributed by atoms with van der Waals surface area (Å²) in [4.78, 5) is 27.8. The number of carbonyl (C=O) groups excluding carboxylic acids is 1. The van der Waals surface area contributed by atoms with Crippen LogP contribution in [-0.2, 0) is 16.6 Å². The first-order chi connectivity index (χ1) is 12.2. The number of hydrogen-bond donors (Lipinski definition) is 0. The van der Waals surface area contributed by atoms with Gasteiger partial charge in [-0.3, -0.25) is 9.78 Å². The van der Waals surface area contributed by atoms with E-state index in [2.05, 4.69) is 14.9 Å². The Balaban J connectivity index is 1.68. The Bertz CT molecular complexity index is 922. The van der Waals surface area contributed by atoms with Crippen LogP contribution in [0, 0.1) is 5.92 Å². The van der Waals surface area contributed by atoms with Crippen molar-refractivity contribution in [3.63, 3.8) is 0 Å². The molecule has 0 unspecified atom stereocenters. The van der Waals surface area contributed by atoms with E-state index in [9.17, 15) is 4.79 Å². The van der Waals surface area contributed by atoms with Crippen molar-refractivity contribution >= 4 is 22.8 Å². The van der Waals surface area contributed by atoms with Gasteiger partial charge in [0, 0.05) is 37.9 Å². The van der Waals surface area contributed by atoms with E-state index in [-0.39, 0.29) is 17.8 Å². The van der Waals surface area contributed by atoms with Gasteiger partial charge in [0.1, 0.15) is 5.82 Å². The predicted molar refractivity (Wildman–Crippen MR) is 93.2 cm³/mol. The number of nitrogens with zero attached hydrogens (tertiary/aromatic N) is 5. The highest BCUT2D eigenvalue weighted by Crippen LogP contribution is 2.35. The Morgan fingerprint density at radius 3 is 2.72 bits per heavy atom. The van der Waals surface area contributed by atoms with Crippen molar-refractivity contribution in [3.05, 3.63) is 48.7 Å². The summed E-state index contributed by atoms with van der Waals surface area (Å²) in [7, 11) is 3.37. The Morgan fingerprint density at radius 1 is 1.20 bits per heavy atom. The van der Waals surface area contributed by atoms with Gasteiger partial charge in [0.25, 0.3) is 0 Å². The van der Waals surface area contributed by atoms with Crippen molar-refractivity contribution in [2.75, 3.05) is 25.1 Å². The molecule has 1 aliphatic heterocycles. The molecule has 0 bridgehead atoms. The van der Waals surface area contributed by atoms with E-state index < -0.39 is 0 Å². The number of para-hydroxylation sites is 2. The maximum absolute atomic E-state index is 12.3. The highest BCUT2D eigenvalue weighted by molar-refractivity contribution is 5.77. The van der Waals surface area contributed by atoms with Crippen LogP contribution < -0.4 is 4.90 Å². The number of esters is 1. The summed E-state index contributed by atoms with van der Waals surface area (Å²) in [5, 5.41) is 0. The van der Waals surface area contributed by atoms with Crippen molar-refractivity contribution in [3.8, 4) is 0 Å². The fourth-order valence-electron chi connectivity index (χ4n) is 3.51. The van der Waals surface area contributed by atoms with Crippen LogP contribution in [-0.4, -0.2) is 45.7 Å². The molecule has 0 spiro atoms. The van der Waals surface area contributed by atoms with E-state index >= 15 is 0 Å². The van der Waals surface area contributed by atoms with Crippen LogP contribution in [0.5, 0.6) is 0 Å². The van der Waals surface area contributed by atoms with E-state index in [1.165, 1.54) is 7.11 Å². The molecule has 0 saturated carbocycles. The molecule has 128 valence electrons. The van der Waals surface area contributed by atoms with Crippen LogP contribution in [0.1, 0.15) is 11.6 Å². The van der Waals surface area contributed by atoms with E-state index in [4.69, 9.17) is 9.72 Å². The first kappa shape index (κ1) is 15.6. The third-order valence-corrected chi connectivity index (χ3v) is 4.82. The van der Waals surface area contributed by atoms with Crippen molar-refractivity contribution in [2.24, 2.45) is 13.0 Å². The molecule has 0 aliphatic carbocycles. The fourth-order valence-corrected chi connectivity index (χ4v) is 3.51. The maximum atomic E-state index is 12.3. The van der Waals surface area contributed by atoms with Crippen LogP contribution in [0.3, 0.4) is 0 Å². The molecule has 7 heteroatoms. The zero-order valence-corrected chi connectivity index (χ0v) is 14.2. The van der Waals surface area contributed by atoms with Gasteiger partial charge in [0.05, 0.1) is 36.6 Å². The van der Waals surface area contributed by atoms with Crippen molar-refractivity contribution in [1.29, 1.82) is 0 Å². The quantitative estimate of drug-likeness (QED) is 0.678. The summed E-state index contributed by atoms with van der Waals surface area (Å²) in [6, 6.07) is 7.77. The second-order valence-electron chi connectivity index (χ2n) is 6.29. The molecule has 3 heterocycles. The van der Waals surface area contributed by atoms with Gasteiger partial charge in [-0.15, -0.1) is 0 Å². The number of carbonyl (C=O) groups is 1. The minimum absolute atomic E-state index is 0.00761. The second-order valence-corrected chi connectivity index (χ2v) is 6.29. The number of rotatable bonds is 3. The molecule has 2 atom stereocenters. The zero-order valence-electron chi connectivity index (χ0n) is 14.2. The van der Waals surface area contributed by atoms with Crippen LogP contribution in [0.2, 0.25) is 0 Å². The smallest absolute Gasteiger partial charge is 0.311 e. The highest BCUT2D eigenvalue weighted by Gasteiger charge is 2.41. The van der Waals surface area contributed by atoms with Crippen molar-refractivity contribution in [1.82, 2.24) is 19.5 Å². The van der Waals surface area contributed by atoms with Crippen LogP contribution in [0.25, 0.3) is 11.0 Å². The summed E-state index contributed by atoms with van der Waals surface area (Å²) in [5.74, 6) is 0.321. The third-order valence-electron chi connectivity index (χ3n) is 4.82. The Hall–Kier alpha value is -2.96. The molecule has 0 amide bonds. The van der Waals surface area contributed by atoms with Gasteiger partial charge in [-0.25, -0.2) is 9.97 Å². The highest BCUT2D eigenvalue weighted by atomic mass is 16.5. The van der Waals surface area contributed by atoms with Gasteiger partial charge in [-0.1, -0.05) is 12.1 Å². The molecule has 4 rings (SSSR count). The van der Waals surface area contributed by atoms with Crippen molar-refractivity contribution < 1.29 is 9.53 Å². The molecule has 0 radical (unpaired) electrons. The third kappa shape index (κ3) is 2.71. The lowest BCUT2D eigenvalue weighted by Gasteiger charge is -2.17. The Morgan fingerprint density at radius 2 is 2.00 bits per heavy atom. The topological polar surface area (TPSA) is 73.1 Å². The molecule has 1 saturated heterocycles. The molecular formula is C18H19N5O2. The summed E-state index contributed by atoms with van der Waals surface area (Å²) in [6.45, 7) is 1.22. The van der Waals surface area contributed by atoms with Gasteiger partial charge >= 0.3 is 5.97 Å². The summed E-state index contributed by atoms with van der Waals surface area (Å²) >= 11 is 0. The lowest BCUT2D eigenvalue weighted by molar-refractivity contribution is -0.145. The van der Waals surface area contributed by atoms with Crippen LogP contribution >= 0.6 is 0 Å². The summed E-state index contributed by atoms with van der Waals surface area (Å²) in [5.41, 5.74) is 2.73. The molecule has 0 N–H and O–H groups in total. The van der Waals surface area contributed by atoms with Crippen molar-refractivity contribution in [2.45, 2.75) is 5.92 Å². The molecular weight excluding hydrogens is 318 g/mol. The van der Waals surface area contributed by atoms with Gasteiger partial charge < -0.3 is 14.2 Å². The first-order valence-corrected chi connectivity index (χ1v) is 8.18. The number of aromatic nitrogens is 4. The number of benzene rings is 1. The average molecular weight is 337 g/mol. The molecule has 25 heavy (non-hydrogen) atoms. The largest absolute Gasteiger partial charge is 0.469 e. The van der Waals surface area contributed by atoms with E-state index in [0.717, 1.165) is 22.5 Å². The SMILES string of the molecule is COC(=O)[C@H]1CN(c2cnc3ccccc3n2)C[C@@H]1c1cncn1C. The Kier molecular flexibility index (Phi) is 3.83. The normalized spacial score (nSPS) is 20.2. The summed E-state index contributed by atoms with van der Waals surface area (Å²) in [6.07, 6.45) is 5.33. The van der Waals surface area contributed by atoms with E-state index in [1.807, 2.05) is 42.1 Å². The number of fused-ring (bicyclic) bond motifs is 1. The minimum atomic E-state index is -0.256. The molecule has 1 aliphatic rings. The lowest BCUT2D eigenvalue weighted by Crippen LogP contribution is -2.25. The first-order valence-electron chi connectivity index (χ1n) is 8.18. The molecule has 1 fully saturated rings. The average Bonchev–Trinajstić information content (AvgIpc) is 3.26. The molecule has 3 aromatic rings. The number of hydrogen-bond acceptors (Lipinski definition) is 6. The number of ether oxygens (including phenoxy) is 1. The maximum Gasteiger partial charge on any atom is 0.311 e. The minimum Gasteiger partial charge on any atom is -0.469 e. The van der Waals surface area contributed by atoms with E-state index in [0.29, 0.717) is 13.1 Å². The standard InChI is InChI=1S/C18H19N5O2/c1-22-11-19-7-16(22)12-9-23(10-13(12)18(24)25-2)17-8-20-14-5-3-4-6-15(14)21-17/h3-8,11-13H,9-10H2,1-2H3/t12-,13-/m0/s1. The molecule has 7 nitrogen and oxygen atoms in total.